The Morgan fingerprint density at radius 1 is 1.21 bits per heavy atom. The number of benzene rings is 1. The molecule has 0 bridgehead atoms. The van der Waals surface area contributed by atoms with Crippen molar-refractivity contribution >= 4 is 17.2 Å². The number of likely N-dealkylation sites (N-methyl/N-ethyl adjacent to an activating group) is 1. The van der Waals surface area contributed by atoms with Gasteiger partial charge in [-0.2, -0.15) is 5.26 Å². The first-order valence-corrected chi connectivity index (χ1v) is 8.90. The number of rotatable bonds is 8. The normalized spacial score (nSPS) is 10.6. The number of carbonyl (C=O) groups is 1. The van der Waals surface area contributed by atoms with Crippen molar-refractivity contribution in [1.82, 2.24) is 9.80 Å². The molecule has 2 rings (SSSR count). The number of amides is 1. The molecule has 0 spiro atoms. The van der Waals surface area contributed by atoms with Crippen LogP contribution in [0.1, 0.15) is 22.4 Å². The minimum absolute atomic E-state index is 0.160. The summed E-state index contributed by atoms with van der Waals surface area (Å²) in [6.07, 6.45) is 1.30. The summed E-state index contributed by atoms with van der Waals surface area (Å²) in [6.45, 7) is 2.06. The summed E-state index contributed by atoms with van der Waals surface area (Å²) in [6, 6.07) is 13.7. The van der Waals surface area contributed by atoms with Gasteiger partial charge in [0.2, 0.25) is 5.91 Å². The van der Waals surface area contributed by atoms with Crippen LogP contribution in [-0.4, -0.2) is 42.9 Å². The monoisotopic (exact) mass is 341 g/mol. The maximum absolute atomic E-state index is 12.7. The van der Waals surface area contributed by atoms with E-state index < -0.39 is 0 Å². The number of nitrogens with zero attached hydrogens (tertiary/aromatic N) is 3. The maximum atomic E-state index is 12.7. The minimum Gasteiger partial charge on any atom is -0.337 e. The molecule has 0 unspecified atom stereocenters. The molecule has 0 saturated heterocycles. The largest absolute Gasteiger partial charge is 0.337 e. The van der Waals surface area contributed by atoms with Gasteiger partial charge in [0.15, 0.2) is 0 Å². The van der Waals surface area contributed by atoms with E-state index in [1.54, 1.807) is 17.4 Å². The summed E-state index contributed by atoms with van der Waals surface area (Å²) in [5.41, 5.74) is 1.63. The van der Waals surface area contributed by atoms with Crippen LogP contribution in [0.4, 0.5) is 0 Å². The van der Waals surface area contributed by atoms with Gasteiger partial charge in [0.05, 0.1) is 11.6 Å². The maximum Gasteiger partial charge on any atom is 0.223 e. The number of aryl methyl sites for hydroxylation is 1. The van der Waals surface area contributed by atoms with Crippen LogP contribution in [-0.2, 0) is 17.8 Å². The van der Waals surface area contributed by atoms with E-state index in [1.165, 1.54) is 4.88 Å². The number of nitriles is 1. The van der Waals surface area contributed by atoms with E-state index in [9.17, 15) is 4.79 Å². The Bertz CT molecular complexity index is 689. The van der Waals surface area contributed by atoms with E-state index in [0.29, 0.717) is 25.1 Å². The molecule has 0 N–H and O–H groups in total. The number of hydrogen-bond donors (Lipinski definition) is 0. The Morgan fingerprint density at radius 3 is 2.71 bits per heavy atom. The fourth-order valence-electron chi connectivity index (χ4n) is 2.42. The van der Waals surface area contributed by atoms with Crippen LogP contribution in [0.15, 0.2) is 41.8 Å². The summed E-state index contributed by atoms with van der Waals surface area (Å²) in [4.78, 5) is 17.9. The lowest BCUT2D eigenvalue weighted by Gasteiger charge is -2.24. The Hall–Kier alpha value is -2.16. The van der Waals surface area contributed by atoms with Gasteiger partial charge < -0.3 is 9.80 Å². The Labute approximate surface area is 147 Å². The highest BCUT2D eigenvalue weighted by Crippen LogP contribution is 2.14. The first kappa shape index (κ1) is 18.2. The SMILES string of the molecule is CN(C)CCN(Cc1cccc(C#N)c1)C(=O)CCc1cccs1. The lowest BCUT2D eigenvalue weighted by molar-refractivity contribution is -0.131. The van der Waals surface area contributed by atoms with E-state index in [1.807, 2.05) is 48.6 Å². The minimum atomic E-state index is 0.160. The van der Waals surface area contributed by atoms with Crippen molar-refractivity contribution in [3.63, 3.8) is 0 Å². The molecule has 1 heterocycles. The van der Waals surface area contributed by atoms with E-state index in [2.05, 4.69) is 17.0 Å². The molecular formula is C19H23N3OS. The van der Waals surface area contributed by atoms with Crippen LogP contribution in [0.25, 0.3) is 0 Å². The van der Waals surface area contributed by atoms with E-state index in [4.69, 9.17) is 5.26 Å². The topological polar surface area (TPSA) is 47.3 Å². The van der Waals surface area contributed by atoms with E-state index in [-0.39, 0.29) is 5.91 Å². The molecule has 0 aliphatic heterocycles. The average molecular weight is 341 g/mol. The van der Waals surface area contributed by atoms with Gasteiger partial charge in [-0.25, -0.2) is 0 Å². The predicted molar refractivity (Wildman–Crippen MR) is 97.8 cm³/mol. The van der Waals surface area contributed by atoms with Crippen LogP contribution in [0.2, 0.25) is 0 Å². The highest BCUT2D eigenvalue weighted by Gasteiger charge is 2.15. The summed E-state index contributed by atoms with van der Waals surface area (Å²) in [7, 11) is 4.01. The Kier molecular flexibility index (Phi) is 6.98. The van der Waals surface area contributed by atoms with Crippen molar-refractivity contribution < 1.29 is 4.79 Å². The Morgan fingerprint density at radius 2 is 2.04 bits per heavy atom. The fraction of sp³-hybridized carbons (Fsp3) is 0.368. The number of hydrogen-bond acceptors (Lipinski definition) is 4. The predicted octanol–water partition coefficient (Wildman–Crippen LogP) is 3.14. The molecule has 1 aromatic heterocycles. The molecule has 0 radical (unpaired) electrons. The third-order valence-electron chi connectivity index (χ3n) is 3.76. The van der Waals surface area contributed by atoms with Gasteiger partial charge in [-0.3, -0.25) is 4.79 Å². The van der Waals surface area contributed by atoms with Crippen molar-refractivity contribution in [2.45, 2.75) is 19.4 Å². The molecule has 2 aromatic rings. The van der Waals surface area contributed by atoms with Crippen LogP contribution in [0.3, 0.4) is 0 Å². The molecule has 0 aliphatic rings. The fourth-order valence-corrected chi connectivity index (χ4v) is 3.12. The third-order valence-corrected chi connectivity index (χ3v) is 4.70. The van der Waals surface area contributed by atoms with Crippen LogP contribution >= 0.6 is 11.3 Å². The molecule has 0 saturated carbocycles. The summed E-state index contributed by atoms with van der Waals surface area (Å²) < 4.78 is 0. The van der Waals surface area contributed by atoms with Crippen LogP contribution in [0.5, 0.6) is 0 Å². The van der Waals surface area contributed by atoms with Gasteiger partial charge in [-0.15, -0.1) is 11.3 Å². The van der Waals surface area contributed by atoms with Gasteiger partial charge >= 0.3 is 0 Å². The number of carbonyl (C=O) groups excluding carboxylic acids is 1. The third kappa shape index (κ3) is 5.80. The number of thiophene rings is 1. The van der Waals surface area contributed by atoms with Crippen molar-refractivity contribution in [3.05, 3.63) is 57.8 Å². The second-order valence-corrected chi connectivity index (χ2v) is 7.04. The van der Waals surface area contributed by atoms with Crippen molar-refractivity contribution in [2.75, 3.05) is 27.2 Å². The molecular weight excluding hydrogens is 318 g/mol. The zero-order chi connectivity index (χ0) is 17.4. The second-order valence-electron chi connectivity index (χ2n) is 6.01. The summed E-state index contributed by atoms with van der Waals surface area (Å²) in [5, 5.41) is 11.1. The zero-order valence-corrected chi connectivity index (χ0v) is 15.1. The van der Waals surface area contributed by atoms with Crippen molar-refractivity contribution in [3.8, 4) is 6.07 Å². The summed E-state index contributed by atoms with van der Waals surface area (Å²) in [5.74, 6) is 0.160. The molecule has 0 fully saturated rings. The molecule has 4 nitrogen and oxygen atoms in total. The molecule has 0 aliphatic carbocycles. The molecule has 126 valence electrons. The van der Waals surface area contributed by atoms with Crippen LogP contribution in [0, 0.1) is 11.3 Å². The second kappa shape index (κ2) is 9.21. The van der Waals surface area contributed by atoms with Gasteiger partial charge in [-0.05, 0) is 49.7 Å². The van der Waals surface area contributed by atoms with E-state index in [0.717, 1.165) is 18.5 Å². The van der Waals surface area contributed by atoms with Gasteiger partial charge in [-0.1, -0.05) is 18.2 Å². The average Bonchev–Trinajstić information content (AvgIpc) is 3.10. The van der Waals surface area contributed by atoms with Gasteiger partial charge in [0.25, 0.3) is 0 Å². The van der Waals surface area contributed by atoms with E-state index >= 15 is 0 Å². The van der Waals surface area contributed by atoms with Crippen LogP contribution < -0.4 is 0 Å². The molecule has 1 amide bonds. The molecule has 5 heteroatoms. The van der Waals surface area contributed by atoms with Crippen molar-refractivity contribution in [2.24, 2.45) is 0 Å². The Balaban J connectivity index is 2.02. The molecule has 1 aromatic carbocycles. The highest BCUT2D eigenvalue weighted by atomic mass is 32.1. The standard InChI is InChI=1S/C19H23N3OS/c1-21(2)10-11-22(15-17-6-3-5-16(13-17)14-20)19(23)9-8-18-7-4-12-24-18/h3-7,12-13H,8-11,15H2,1-2H3. The lowest BCUT2D eigenvalue weighted by atomic mass is 10.1. The van der Waals surface area contributed by atoms with Gasteiger partial charge in [0.1, 0.15) is 0 Å². The zero-order valence-electron chi connectivity index (χ0n) is 14.2. The molecule has 0 atom stereocenters. The summed E-state index contributed by atoms with van der Waals surface area (Å²) >= 11 is 1.69. The lowest BCUT2D eigenvalue weighted by Crippen LogP contribution is -2.36. The quantitative estimate of drug-likeness (QED) is 0.741. The highest BCUT2D eigenvalue weighted by molar-refractivity contribution is 7.09. The van der Waals surface area contributed by atoms with Gasteiger partial charge in [0, 0.05) is 30.9 Å². The first-order chi connectivity index (χ1) is 11.6. The molecule has 24 heavy (non-hydrogen) atoms. The van der Waals surface area contributed by atoms with Crippen molar-refractivity contribution in [1.29, 1.82) is 5.26 Å². The smallest absolute Gasteiger partial charge is 0.223 e. The first-order valence-electron chi connectivity index (χ1n) is 8.02.